The second kappa shape index (κ2) is 12.1. The lowest BCUT2D eigenvalue weighted by atomic mass is 9.39. The summed E-state index contributed by atoms with van der Waals surface area (Å²) in [6, 6.07) is 42.5. The number of nitrogens with zero attached hydrogens (tertiary/aromatic N) is 2. The minimum atomic E-state index is 0.0897. The van der Waals surface area contributed by atoms with Crippen molar-refractivity contribution in [1.82, 2.24) is 0 Å². The van der Waals surface area contributed by atoms with Crippen molar-refractivity contribution in [3.63, 3.8) is 0 Å². The molecule has 1 aliphatic carbocycles. The predicted octanol–water partition coefficient (Wildman–Crippen LogP) is 12.8. The van der Waals surface area contributed by atoms with Crippen LogP contribution in [-0.4, -0.2) is 6.71 Å². The highest BCUT2D eigenvalue weighted by Gasteiger charge is 2.47. The number of rotatable bonds is 3. The Morgan fingerprint density at radius 3 is 1.42 bits per heavy atom. The SMILES string of the molecule is CC(C)(C)c1ccc(N2c3cc(C4CCCCC4)cc4c3B(c3sc5ccccc5c32)c2sc3ccccc3c2N4c2ccc(C(C)(C)C)cc2)cc1. The van der Waals surface area contributed by atoms with Gasteiger partial charge in [0, 0.05) is 52.5 Å². The number of thiophene rings is 2. The van der Waals surface area contributed by atoms with E-state index in [0.717, 1.165) is 0 Å². The van der Waals surface area contributed by atoms with Crippen molar-refractivity contribution in [3.8, 4) is 0 Å². The van der Waals surface area contributed by atoms with Gasteiger partial charge in [-0.15, -0.1) is 22.7 Å². The third-order valence-corrected chi connectivity index (χ3v) is 14.6. The third kappa shape index (κ3) is 5.25. The molecule has 4 heterocycles. The van der Waals surface area contributed by atoms with Gasteiger partial charge in [0.25, 0.3) is 6.71 Å². The van der Waals surface area contributed by atoms with E-state index >= 15 is 0 Å². The molecule has 0 unspecified atom stereocenters. The number of fused-ring (bicyclic) bond motifs is 8. The van der Waals surface area contributed by atoms with E-state index in [2.05, 4.69) is 161 Å². The maximum atomic E-state index is 2.65. The highest BCUT2D eigenvalue weighted by Crippen LogP contribution is 2.52. The molecular formula is C48H47BN2S2. The summed E-state index contributed by atoms with van der Waals surface area (Å²) >= 11 is 4.00. The Hall–Kier alpha value is -4.32. The zero-order chi connectivity index (χ0) is 36.2. The first-order chi connectivity index (χ1) is 25.6. The smallest absolute Gasteiger partial charge is 0.277 e. The first kappa shape index (κ1) is 33.3. The van der Waals surface area contributed by atoms with Gasteiger partial charge in [0.2, 0.25) is 0 Å². The Labute approximate surface area is 323 Å². The summed E-state index contributed by atoms with van der Waals surface area (Å²) < 4.78 is 5.64. The van der Waals surface area contributed by atoms with Crippen LogP contribution in [0.1, 0.15) is 96.3 Å². The zero-order valence-electron chi connectivity index (χ0n) is 31.8. The quantitative estimate of drug-likeness (QED) is 0.167. The molecule has 5 aromatic carbocycles. The van der Waals surface area contributed by atoms with Crippen molar-refractivity contribution >= 4 is 98.7 Å². The number of hydrogen-bond acceptors (Lipinski definition) is 4. The van der Waals surface area contributed by atoms with Gasteiger partial charge in [0.05, 0.1) is 11.4 Å². The highest BCUT2D eigenvalue weighted by molar-refractivity contribution is 7.40. The minimum absolute atomic E-state index is 0.0897. The molecule has 5 heteroatoms. The highest BCUT2D eigenvalue weighted by atomic mass is 32.1. The van der Waals surface area contributed by atoms with E-state index in [-0.39, 0.29) is 17.5 Å². The van der Waals surface area contributed by atoms with Crippen LogP contribution in [0.15, 0.2) is 109 Å². The summed E-state index contributed by atoms with van der Waals surface area (Å²) in [6.07, 6.45) is 6.51. The van der Waals surface area contributed by atoms with Gasteiger partial charge in [-0.3, -0.25) is 0 Å². The molecule has 2 aromatic heterocycles. The van der Waals surface area contributed by atoms with Gasteiger partial charge < -0.3 is 9.80 Å². The fraction of sp³-hybridized carbons (Fsp3) is 0.292. The Bertz CT molecular complexity index is 2360. The molecule has 1 fully saturated rings. The van der Waals surface area contributed by atoms with E-state index in [0.29, 0.717) is 5.92 Å². The molecular weight excluding hydrogens is 679 g/mol. The van der Waals surface area contributed by atoms with Crippen molar-refractivity contribution in [3.05, 3.63) is 126 Å². The van der Waals surface area contributed by atoms with Crippen LogP contribution in [-0.2, 0) is 10.8 Å². The molecule has 0 amide bonds. The molecule has 2 aliphatic heterocycles. The third-order valence-electron chi connectivity index (χ3n) is 12.2. The summed E-state index contributed by atoms with van der Waals surface area (Å²) in [4.78, 5) is 5.31. The summed E-state index contributed by atoms with van der Waals surface area (Å²) in [5.41, 5.74) is 13.8. The van der Waals surface area contributed by atoms with Crippen molar-refractivity contribution in [2.75, 3.05) is 9.80 Å². The van der Waals surface area contributed by atoms with Crippen LogP contribution in [0, 0.1) is 0 Å². The van der Waals surface area contributed by atoms with Crippen molar-refractivity contribution in [2.45, 2.75) is 90.4 Å². The minimum Gasteiger partial charge on any atom is -0.310 e. The normalized spacial score (nSPS) is 15.9. The van der Waals surface area contributed by atoms with E-state index in [1.165, 1.54) is 118 Å². The molecule has 1 saturated carbocycles. The molecule has 10 rings (SSSR count). The zero-order valence-corrected chi connectivity index (χ0v) is 33.4. The molecule has 0 spiro atoms. The van der Waals surface area contributed by atoms with E-state index in [1.54, 1.807) is 0 Å². The summed E-state index contributed by atoms with van der Waals surface area (Å²) in [5, 5.41) is 2.70. The number of anilines is 6. The topological polar surface area (TPSA) is 6.48 Å². The molecule has 0 saturated heterocycles. The largest absolute Gasteiger partial charge is 0.310 e. The van der Waals surface area contributed by atoms with Crippen LogP contribution in [0.4, 0.5) is 34.1 Å². The summed E-state index contributed by atoms with van der Waals surface area (Å²) in [6.45, 7) is 14.0. The molecule has 7 aromatic rings. The Kier molecular flexibility index (Phi) is 7.59. The average molecular weight is 727 g/mol. The number of hydrogen-bond donors (Lipinski definition) is 0. The molecule has 53 heavy (non-hydrogen) atoms. The predicted molar refractivity (Wildman–Crippen MR) is 234 cm³/mol. The molecule has 0 atom stereocenters. The molecule has 3 aliphatic rings. The van der Waals surface area contributed by atoms with Gasteiger partial charge in [-0.2, -0.15) is 0 Å². The van der Waals surface area contributed by atoms with E-state index in [4.69, 9.17) is 0 Å². The van der Waals surface area contributed by atoms with Gasteiger partial charge in [-0.05, 0) is 100 Å². The van der Waals surface area contributed by atoms with Crippen molar-refractivity contribution in [2.24, 2.45) is 0 Å². The van der Waals surface area contributed by atoms with E-state index in [9.17, 15) is 0 Å². The van der Waals surface area contributed by atoms with Gasteiger partial charge in [-0.25, -0.2) is 0 Å². The lowest BCUT2D eigenvalue weighted by molar-refractivity contribution is 0.444. The van der Waals surface area contributed by atoms with Crippen LogP contribution in [0.2, 0.25) is 0 Å². The van der Waals surface area contributed by atoms with E-state index in [1.807, 2.05) is 22.7 Å². The fourth-order valence-electron chi connectivity index (χ4n) is 9.32. The van der Waals surface area contributed by atoms with Crippen LogP contribution in [0.5, 0.6) is 0 Å². The maximum Gasteiger partial charge on any atom is 0.277 e. The van der Waals surface area contributed by atoms with Crippen molar-refractivity contribution < 1.29 is 0 Å². The maximum absolute atomic E-state index is 2.65. The molecule has 0 bridgehead atoms. The standard InChI is InChI=1S/C48H47BN2S2/c1-47(2,3)32-20-24-34(25-21-32)50-38-28-31(30-14-8-7-9-15-30)29-39-42(38)49(45-43(50)36-16-10-12-18-40(36)52-45)46-44(37-17-11-13-19-41(37)53-46)51(39)35-26-22-33(23-27-35)48(4,5)6/h10-13,16-30H,7-9,14-15H2,1-6H3. The average Bonchev–Trinajstić information content (AvgIpc) is 3.74. The lowest BCUT2D eigenvalue weighted by Crippen LogP contribution is -2.59. The van der Waals surface area contributed by atoms with Crippen LogP contribution >= 0.6 is 22.7 Å². The Morgan fingerprint density at radius 1 is 0.547 bits per heavy atom. The van der Waals surface area contributed by atoms with Gasteiger partial charge in [-0.1, -0.05) is 121 Å². The lowest BCUT2D eigenvalue weighted by Gasteiger charge is -2.43. The second-order valence-electron chi connectivity index (χ2n) is 17.6. The monoisotopic (exact) mass is 726 g/mol. The van der Waals surface area contributed by atoms with Gasteiger partial charge in [0.15, 0.2) is 0 Å². The Balaban J connectivity index is 1.31. The first-order valence-electron chi connectivity index (χ1n) is 19.6. The number of benzene rings is 5. The second-order valence-corrected chi connectivity index (χ2v) is 19.8. The van der Waals surface area contributed by atoms with E-state index < -0.39 is 0 Å². The van der Waals surface area contributed by atoms with Crippen molar-refractivity contribution in [1.29, 1.82) is 0 Å². The van der Waals surface area contributed by atoms with Crippen LogP contribution < -0.4 is 24.8 Å². The summed E-state index contributed by atoms with van der Waals surface area (Å²) in [5.74, 6) is 0.570. The summed E-state index contributed by atoms with van der Waals surface area (Å²) in [7, 11) is 0. The fourth-order valence-corrected chi connectivity index (χ4v) is 12.0. The van der Waals surface area contributed by atoms with Crippen LogP contribution in [0.25, 0.3) is 20.2 Å². The Morgan fingerprint density at radius 2 is 0.981 bits per heavy atom. The van der Waals surface area contributed by atoms with Crippen LogP contribution in [0.3, 0.4) is 0 Å². The molecule has 0 radical (unpaired) electrons. The molecule has 264 valence electrons. The first-order valence-corrected chi connectivity index (χ1v) is 21.2. The molecule has 2 nitrogen and oxygen atoms in total. The molecule has 0 N–H and O–H groups in total. The van der Waals surface area contributed by atoms with Gasteiger partial charge >= 0.3 is 0 Å². The van der Waals surface area contributed by atoms with Gasteiger partial charge in [0.1, 0.15) is 0 Å².